The SMILES string of the molecule is CCNC(=O)C(C)N(Cc1ccc(Cl)cc1)C(=O)CN(c1ccc(C)cc1)S(=O)(=O)c1ccc(Cl)cc1. The maximum atomic E-state index is 13.7. The molecule has 0 heterocycles. The van der Waals surface area contributed by atoms with Crippen molar-refractivity contribution < 1.29 is 18.0 Å². The van der Waals surface area contributed by atoms with Gasteiger partial charge in [-0.1, -0.05) is 53.0 Å². The topological polar surface area (TPSA) is 86.8 Å². The van der Waals surface area contributed by atoms with Gasteiger partial charge in [-0.3, -0.25) is 13.9 Å². The third-order valence-corrected chi connectivity index (χ3v) is 8.08. The molecular formula is C27H29Cl2N3O4S. The molecule has 3 aromatic rings. The first kappa shape index (κ1) is 28.5. The van der Waals surface area contributed by atoms with Crippen LogP contribution in [0.15, 0.2) is 77.7 Å². The fraction of sp³-hybridized carbons (Fsp3) is 0.259. The number of amides is 2. The van der Waals surface area contributed by atoms with Gasteiger partial charge in [-0.2, -0.15) is 0 Å². The summed E-state index contributed by atoms with van der Waals surface area (Å²) in [7, 11) is -4.14. The number of benzene rings is 3. The molecule has 1 N–H and O–H groups in total. The number of likely N-dealkylation sites (N-methyl/N-ethyl adjacent to an activating group) is 1. The Balaban J connectivity index is 2.01. The zero-order chi connectivity index (χ0) is 27.2. The molecule has 196 valence electrons. The van der Waals surface area contributed by atoms with Crippen LogP contribution in [0.5, 0.6) is 0 Å². The molecule has 1 atom stereocenters. The summed E-state index contributed by atoms with van der Waals surface area (Å²) < 4.78 is 28.5. The molecule has 0 aliphatic rings. The molecule has 37 heavy (non-hydrogen) atoms. The van der Waals surface area contributed by atoms with Crippen molar-refractivity contribution in [1.82, 2.24) is 10.2 Å². The molecule has 0 aromatic heterocycles. The van der Waals surface area contributed by atoms with Crippen LogP contribution in [0.4, 0.5) is 5.69 Å². The first-order chi connectivity index (χ1) is 17.5. The van der Waals surface area contributed by atoms with Gasteiger partial charge in [0.05, 0.1) is 10.6 Å². The van der Waals surface area contributed by atoms with E-state index in [0.717, 1.165) is 15.4 Å². The standard InChI is InChI=1S/C27H29Cl2N3O4S/c1-4-30-27(34)20(3)31(17-21-7-9-22(28)10-8-21)26(33)18-32(24-13-5-19(2)6-14-24)37(35,36)25-15-11-23(29)12-16-25/h5-16,20H,4,17-18H2,1-3H3,(H,30,34). The van der Waals surface area contributed by atoms with E-state index in [1.807, 2.05) is 6.92 Å². The van der Waals surface area contributed by atoms with E-state index in [2.05, 4.69) is 5.32 Å². The number of halogens is 2. The molecule has 2 amide bonds. The van der Waals surface area contributed by atoms with Crippen LogP contribution in [0.2, 0.25) is 10.0 Å². The van der Waals surface area contributed by atoms with Crippen molar-refractivity contribution in [2.24, 2.45) is 0 Å². The smallest absolute Gasteiger partial charge is 0.264 e. The van der Waals surface area contributed by atoms with Crippen LogP contribution >= 0.6 is 23.2 Å². The number of carbonyl (C=O) groups excluding carboxylic acids is 2. The van der Waals surface area contributed by atoms with Gasteiger partial charge in [-0.25, -0.2) is 8.42 Å². The van der Waals surface area contributed by atoms with Crippen LogP contribution in [0.25, 0.3) is 0 Å². The lowest BCUT2D eigenvalue weighted by molar-refractivity contribution is -0.139. The number of carbonyl (C=O) groups is 2. The normalized spacial score (nSPS) is 12.0. The summed E-state index contributed by atoms with van der Waals surface area (Å²) in [6, 6.07) is 18.6. The molecule has 0 radical (unpaired) electrons. The zero-order valence-corrected chi connectivity index (χ0v) is 23.1. The molecule has 0 bridgehead atoms. The van der Waals surface area contributed by atoms with E-state index in [4.69, 9.17) is 23.2 Å². The second-order valence-corrected chi connectivity index (χ2v) is 11.3. The molecule has 3 aromatic carbocycles. The Morgan fingerprint density at radius 2 is 1.43 bits per heavy atom. The van der Waals surface area contributed by atoms with Crippen LogP contribution in [-0.2, 0) is 26.2 Å². The minimum Gasteiger partial charge on any atom is -0.355 e. The Morgan fingerprint density at radius 3 is 1.97 bits per heavy atom. The van der Waals surface area contributed by atoms with Crippen LogP contribution in [-0.4, -0.2) is 44.3 Å². The van der Waals surface area contributed by atoms with Gasteiger partial charge in [0.1, 0.15) is 12.6 Å². The lowest BCUT2D eigenvalue weighted by Gasteiger charge is -2.32. The largest absolute Gasteiger partial charge is 0.355 e. The Morgan fingerprint density at radius 1 is 0.892 bits per heavy atom. The van der Waals surface area contributed by atoms with Crippen molar-refractivity contribution in [3.63, 3.8) is 0 Å². The second-order valence-electron chi connectivity index (χ2n) is 8.52. The molecule has 0 aliphatic heterocycles. The van der Waals surface area contributed by atoms with E-state index < -0.39 is 28.5 Å². The van der Waals surface area contributed by atoms with E-state index in [1.165, 1.54) is 29.2 Å². The van der Waals surface area contributed by atoms with E-state index in [9.17, 15) is 18.0 Å². The molecule has 0 saturated heterocycles. The number of nitrogens with zero attached hydrogens (tertiary/aromatic N) is 2. The summed E-state index contributed by atoms with van der Waals surface area (Å²) in [5.41, 5.74) is 2.01. The van der Waals surface area contributed by atoms with E-state index in [0.29, 0.717) is 22.3 Å². The van der Waals surface area contributed by atoms with Crippen molar-refractivity contribution in [3.8, 4) is 0 Å². The number of anilines is 1. The third-order valence-electron chi connectivity index (χ3n) is 5.79. The van der Waals surface area contributed by atoms with Crippen LogP contribution < -0.4 is 9.62 Å². The average Bonchev–Trinajstić information content (AvgIpc) is 2.87. The highest BCUT2D eigenvalue weighted by Crippen LogP contribution is 2.26. The number of hydrogen-bond acceptors (Lipinski definition) is 4. The van der Waals surface area contributed by atoms with Gasteiger partial charge >= 0.3 is 0 Å². The second kappa shape index (κ2) is 12.4. The van der Waals surface area contributed by atoms with Crippen LogP contribution in [0.3, 0.4) is 0 Å². The minimum absolute atomic E-state index is 0.00805. The summed E-state index contributed by atoms with van der Waals surface area (Å²) in [6.07, 6.45) is 0. The summed E-state index contributed by atoms with van der Waals surface area (Å²) in [5.74, 6) is -0.876. The number of sulfonamides is 1. The summed E-state index contributed by atoms with van der Waals surface area (Å²) in [6.45, 7) is 5.26. The van der Waals surface area contributed by atoms with E-state index in [-0.39, 0.29) is 17.3 Å². The van der Waals surface area contributed by atoms with Crippen molar-refractivity contribution in [1.29, 1.82) is 0 Å². The summed E-state index contributed by atoms with van der Waals surface area (Å²) in [4.78, 5) is 27.8. The molecule has 7 nitrogen and oxygen atoms in total. The van der Waals surface area contributed by atoms with E-state index >= 15 is 0 Å². The lowest BCUT2D eigenvalue weighted by atomic mass is 10.1. The Kier molecular flexibility index (Phi) is 9.59. The molecule has 1 unspecified atom stereocenters. The molecule has 0 aliphatic carbocycles. The fourth-order valence-corrected chi connectivity index (χ4v) is 5.33. The van der Waals surface area contributed by atoms with Gasteiger partial charge in [0.15, 0.2) is 0 Å². The monoisotopic (exact) mass is 561 g/mol. The predicted molar refractivity (Wildman–Crippen MR) is 147 cm³/mol. The third kappa shape index (κ3) is 7.25. The maximum absolute atomic E-state index is 13.7. The molecule has 10 heteroatoms. The quantitative estimate of drug-likeness (QED) is 0.375. The number of rotatable bonds is 10. The van der Waals surface area contributed by atoms with Gasteiger partial charge in [0.2, 0.25) is 11.8 Å². The highest BCUT2D eigenvalue weighted by atomic mass is 35.5. The van der Waals surface area contributed by atoms with Crippen molar-refractivity contribution in [2.75, 3.05) is 17.4 Å². The van der Waals surface area contributed by atoms with Gasteiger partial charge in [0.25, 0.3) is 10.0 Å². The average molecular weight is 563 g/mol. The Hall–Kier alpha value is -3.07. The number of nitrogens with one attached hydrogen (secondary N) is 1. The van der Waals surface area contributed by atoms with Crippen molar-refractivity contribution in [3.05, 3.63) is 94.0 Å². The van der Waals surface area contributed by atoms with Crippen LogP contribution in [0.1, 0.15) is 25.0 Å². The van der Waals surface area contributed by atoms with Gasteiger partial charge < -0.3 is 10.2 Å². The predicted octanol–water partition coefficient (Wildman–Crippen LogP) is 5.05. The van der Waals surface area contributed by atoms with E-state index in [1.54, 1.807) is 62.4 Å². The van der Waals surface area contributed by atoms with Gasteiger partial charge in [-0.15, -0.1) is 0 Å². The highest BCUT2D eigenvalue weighted by Gasteiger charge is 2.32. The lowest BCUT2D eigenvalue weighted by Crippen LogP contribution is -2.51. The van der Waals surface area contributed by atoms with Crippen molar-refractivity contribution >= 4 is 50.7 Å². The summed E-state index contributed by atoms with van der Waals surface area (Å²) >= 11 is 12.0. The first-order valence-electron chi connectivity index (χ1n) is 11.7. The zero-order valence-electron chi connectivity index (χ0n) is 20.8. The first-order valence-corrected chi connectivity index (χ1v) is 13.9. The fourth-order valence-electron chi connectivity index (χ4n) is 3.66. The van der Waals surface area contributed by atoms with Crippen molar-refractivity contribution in [2.45, 2.75) is 38.3 Å². The van der Waals surface area contributed by atoms with Gasteiger partial charge in [0, 0.05) is 23.1 Å². The molecule has 0 spiro atoms. The maximum Gasteiger partial charge on any atom is 0.264 e. The van der Waals surface area contributed by atoms with Gasteiger partial charge in [-0.05, 0) is 74.9 Å². The minimum atomic E-state index is -4.14. The Labute approximate surface area is 228 Å². The molecule has 0 fully saturated rings. The summed E-state index contributed by atoms with van der Waals surface area (Å²) in [5, 5.41) is 3.66. The molecular weight excluding hydrogens is 533 g/mol. The number of aryl methyl sites for hydroxylation is 1. The highest BCUT2D eigenvalue weighted by molar-refractivity contribution is 7.92. The number of hydrogen-bond donors (Lipinski definition) is 1. The van der Waals surface area contributed by atoms with Crippen LogP contribution in [0, 0.1) is 6.92 Å². The Bertz CT molecular complexity index is 1330. The molecule has 0 saturated carbocycles. The molecule has 3 rings (SSSR count).